The number of halogens is 9. The van der Waals surface area contributed by atoms with Crippen molar-refractivity contribution in [2.45, 2.75) is 49.8 Å². The topological polar surface area (TPSA) is 63.6 Å². The zero-order valence-electron chi connectivity index (χ0n) is 12.0. The third kappa shape index (κ3) is 6.12. The van der Waals surface area contributed by atoms with Crippen molar-refractivity contribution in [3.8, 4) is 0 Å². The number of carboxylic acid groups (broad SMARTS) is 1. The molecule has 0 radical (unpaired) electrons. The van der Waals surface area contributed by atoms with Crippen LogP contribution >= 0.6 is 0 Å². The first-order valence-electron chi connectivity index (χ1n) is 6.20. The molecule has 5 atom stereocenters. The van der Waals surface area contributed by atoms with Gasteiger partial charge in [0.05, 0.1) is 6.42 Å². The molecule has 4 nitrogen and oxygen atoms in total. The number of hydrogen-bond acceptors (Lipinski definition) is 3. The van der Waals surface area contributed by atoms with Gasteiger partial charge in [-0.25, -0.2) is 31.1 Å². The summed E-state index contributed by atoms with van der Waals surface area (Å²) in [6.45, 7) is 2.75. The van der Waals surface area contributed by atoms with E-state index in [2.05, 4.69) is 11.3 Å². The second kappa shape index (κ2) is 8.94. The Labute approximate surface area is 134 Å². The maximum Gasteiger partial charge on any atom is 0.346 e. The van der Waals surface area contributed by atoms with Gasteiger partial charge >= 0.3 is 24.2 Å². The first-order chi connectivity index (χ1) is 11.2. The van der Waals surface area contributed by atoms with Crippen molar-refractivity contribution in [3.63, 3.8) is 0 Å². The largest absolute Gasteiger partial charge is 0.481 e. The lowest BCUT2D eigenvalue weighted by molar-refractivity contribution is -0.234. The van der Waals surface area contributed by atoms with Crippen LogP contribution in [0.15, 0.2) is 12.2 Å². The molecule has 5 unspecified atom stereocenters. The zero-order chi connectivity index (χ0) is 20.1. The molecule has 0 spiro atoms. The molecule has 0 heterocycles. The summed E-state index contributed by atoms with van der Waals surface area (Å²) >= 11 is 0. The Hall–Kier alpha value is -1.95. The van der Waals surface area contributed by atoms with E-state index in [4.69, 9.17) is 5.11 Å². The molecule has 13 heteroatoms. The Bertz CT molecular complexity index is 499. The molecule has 0 amide bonds. The van der Waals surface area contributed by atoms with E-state index >= 15 is 0 Å². The number of carbonyl (C=O) groups is 2. The van der Waals surface area contributed by atoms with Crippen LogP contribution in [0.5, 0.6) is 0 Å². The number of rotatable bonds is 10. The summed E-state index contributed by atoms with van der Waals surface area (Å²) in [5.41, 5.74) is -1.04. The lowest BCUT2D eigenvalue weighted by Gasteiger charge is -2.28. The average Bonchev–Trinajstić information content (AvgIpc) is 2.50. The van der Waals surface area contributed by atoms with Gasteiger partial charge in [-0.1, -0.05) is 6.58 Å². The van der Waals surface area contributed by atoms with E-state index in [0.717, 1.165) is 0 Å². The summed E-state index contributed by atoms with van der Waals surface area (Å²) in [5, 5.41) is 8.29. The SMILES string of the molecule is C=C(CC(=O)O)C(=O)OC(F)C(F)(F)C(F)C(F)C(F)C(F)C(F)F. The Kier molecular flexibility index (Phi) is 8.25. The molecule has 0 saturated heterocycles. The van der Waals surface area contributed by atoms with Gasteiger partial charge in [0, 0.05) is 5.57 Å². The number of aliphatic carboxylic acids is 1. The standard InChI is InChI=1S/C12H11F9O4/c1-3(2-4(22)23)10(24)25-11(19)12(20,21)8(16)6(14)5(13)7(15)9(17)18/h5-9,11H,1-2H2,(H,22,23). The van der Waals surface area contributed by atoms with Crippen LogP contribution in [0.2, 0.25) is 0 Å². The molecule has 1 N–H and O–H groups in total. The molecular formula is C12H11F9O4. The fourth-order valence-electron chi connectivity index (χ4n) is 1.32. The van der Waals surface area contributed by atoms with Gasteiger partial charge < -0.3 is 9.84 Å². The normalized spacial score (nSPS) is 18.2. The zero-order valence-corrected chi connectivity index (χ0v) is 12.0. The van der Waals surface area contributed by atoms with Crippen LogP contribution in [0.4, 0.5) is 39.5 Å². The minimum atomic E-state index is -5.59. The quantitative estimate of drug-likeness (QED) is 0.354. The Morgan fingerprint density at radius 3 is 1.84 bits per heavy atom. The highest BCUT2D eigenvalue weighted by Gasteiger charge is 2.58. The third-order valence-corrected chi connectivity index (χ3v) is 2.66. The minimum Gasteiger partial charge on any atom is -0.481 e. The van der Waals surface area contributed by atoms with Crippen molar-refractivity contribution >= 4 is 11.9 Å². The fraction of sp³-hybridized carbons (Fsp3) is 0.667. The van der Waals surface area contributed by atoms with Gasteiger partial charge in [0.15, 0.2) is 18.5 Å². The highest BCUT2D eigenvalue weighted by molar-refractivity contribution is 5.92. The molecule has 146 valence electrons. The van der Waals surface area contributed by atoms with E-state index in [1.54, 1.807) is 0 Å². The third-order valence-electron chi connectivity index (χ3n) is 2.66. The monoisotopic (exact) mass is 390 g/mol. The van der Waals surface area contributed by atoms with Crippen LogP contribution in [0, 0.1) is 0 Å². The number of carbonyl (C=O) groups excluding carboxylic acids is 1. The lowest BCUT2D eigenvalue weighted by atomic mass is 10.0. The molecule has 0 bridgehead atoms. The Balaban J connectivity index is 5.05. The molecule has 0 aromatic carbocycles. The molecule has 0 aliphatic carbocycles. The van der Waals surface area contributed by atoms with Gasteiger partial charge in [-0.05, 0) is 0 Å². The van der Waals surface area contributed by atoms with Crippen LogP contribution in [0.3, 0.4) is 0 Å². The average molecular weight is 390 g/mol. The molecule has 0 aromatic rings. The Morgan fingerprint density at radius 1 is 0.960 bits per heavy atom. The molecule has 0 saturated carbocycles. The summed E-state index contributed by atoms with van der Waals surface area (Å²) in [4.78, 5) is 21.3. The van der Waals surface area contributed by atoms with Crippen LogP contribution < -0.4 is 0 Å². The van der Waals surface area contributed by atoms with Crippen molar-refractivity contribution in [3.05, 3.63) is 12.2 Å². The number of esters is 1. The summed E-state index contributed by atoms with van der Waals surface area (Å²) in [6, 6.07) is 0. The highest BCUT2D eigenvalue weighted by atomic mass is 19.3. The summed E-state index contributed by atoms with van der Waals surface area (Å²) in [7, 11) is 0. The van der Waals surface area contributed by atoms with Crippen LogP contribution in [-0.2, 0) is 14.3 Å². The maximum absolute atomic E-state index is 13.3. The van der Waals surface area contributed by atoms with Gasteiger partial charge in [-0.2, -0.15) is 13.2 Å². The predicted octanol–water partition coefficient (Wildman–Crippen LogP) is 3.11. The molecule has 0 aromatic heterocycles. The first-order valence-corrected chi connectivity index (χ1v) is 6.20. The summed E-state index contributed by atoms with van der Waals surface area (Å²) < 4.78 is 119. The highest BCUT2D eigenvalue weighted by Crippen LogP contribution is 2.35. The molecule has 25 heavy (non-hydrogen) atoms. The van der Waals surface area contributed by atoms with E-state index in [9.17, 15) is 49.1 Å². The second-order valence-electron chi connectivity index (χ2n) is 4.64. The maximum atomic E-state index is 13.3. The van der Waals surface area contributed by atoms with Crippen LogP contribution in [0.25, 0.3) is 0 Å². The molecule has 0 aliphatic heterocycles. The van der Waals surface area contributed by atoms with Gasteiger partial charge in [0.25, 0.3) is 6.43 Å². The van der Waals surface area contributed by atoms with Gasteiger partial charge in [-0.3, -0.25) is 4.79 Å². The molecule has 0 aliphatic rings. The fourth-order valence-corrected chi connectivity index (χ4v) is 1.32. The summed E-state index contributed by atoms with van der Waals surface area (Å²) in [5.74, 6) is -9.33. The van der Waals surface area contributed by atoms with Crippen molar-refractivity contribution < 1.29 is 58.9 Å². The van der Waals surface area contributed by atoms with E-state index in [1.807, 2.05) is 0 Å². The van der Waals surface area contributed by atoms with Crippen molar-refractivity contribution in [1.82, 2.24) is 0 Å². The van der Waals surface area contributed by atoms with Crippen molar-refractivity contribution in [1.29, 1.82) is 0 Å². The first kappa shape index (κ1) is 23.1. The van der Waals surface area contributed by atoms with E-state index in [0.29, 0.717) is 0 Å². The number of alkyl halides is 9. The summed E-state index contributed by atoms with van der Waals surface area (Å²) in [6.07, 6.45) is -26.3. The number of hydrogen-bond donors (Lipinski definition) is 1. The second-order valence-corrected chi connectivity index (χ2v) is 4.64. The smallest absolute Gasteiger partial charge is 0.346 e. The van der Waals surface area contributed by atoms with Gasteiger partial charge in [0.1, 0.15) is 0 Å². The van der Waals surface area contributed by atoms with Crippen molar-refractivity contribution in [2.24, 2.45) is 0 Å². The van der Waals surface area contributed by atoms with Crippen LogP contribution in [0.1, 0.15) is 6.42 Å². The molecule has 0 rings (SSSR count). The van der Waals surface area contributed by atoms with Crippen molar-refractivity contribution in [2.75, 3.05) is 0 Å². The van der Waals surface area contributed by atoms with Gasteiger partial charge in [-0.15, -0.1) is 0 Å². The van der Waals surface area contributed by atoms with E-state index < -0.39 is 67.3 Å². The Morgan fingerprint density at radius 2 is 1.44 bits per heavy atom. The minimum absolute atomic E-state index is 1.04. The molecule has 0 fully saturated rings. The van der Waals surface area contributed by atoms with Gasteiger partial charge in [0.2, 0.25) is 6.17 Å². The number of ether oxygens (including phenoxy) is 1. The molecular weight excluding hydrogens is 379 g/mol. The number of carboxylic acids is 1. The predicted molar refractivity (Wildman–Crippen MR) is 62.9 cm³/mol. The lowest BCUT2D eigenvalue weighted by Crippen LogP contribution is -2.51. The van der Waals surface area contributed by atoms with Crippen LogP contribution in [-0.4, -0.2) is 60.4 Å². The van der Waals surface area contributed by atoms with E-state index in [1.165, 1.54) is 0 Å². The van der Waals surface area contributed by atoms with E-state index in [-0.39, 0.29) is 0 Å².